The highest BCUT2D eigenvalue weighted by Crippen LogP contribution is 2.39. The maximum absolute atomic E-state index is 13.2. The van der Waals surface area contributed by atoms with Crippen molar-refractivity contribution in [1.82, 2.24) is 0 Å². The van der Waals surface area contributed by atoms with Crippen LogP contribution in [0, 0.1) is 17.8 Å². The van der Waals surface area contributed by atoms with E-state index < -0.39 is 147 Å². The molecular formula is C51H82NO17+. The number of aliphatic hydroxyl groups excluding tert-OH is 9. The first-order valence-electron chi connectivity index (χ1n) is 24.0. The van der Waals surface area contributed by atoms with Crippen LogP contribution in [-0.4, -0.2) is 193 Å². The quantitative estimate of drug-likeness (QED) is 0.141. The number of hydrogen-bond acceptors (Lipinski definition) is 17. The van der Waals surface area contributed by atoms with E-state index in [1.54, 1.807) is 63.3 Å². The molecule has 392 valence electrons. The van der Waals surface area contributed by atoms with Crippen molar-refractivity contribution in [1.29, 1.82) is 0 Å². The topological polar surface area (TPSA) is 283 Å². The minimum atomic E-state index is -2.26. The number of allylic oxidation sites excluding steroid dienone is 12. The third kappa shape index (κ3) is 19.6. The molecule has 3 heterocycles. The summed E-state index contributed by atoms with van der Waals surface area (Å²) in [6.07, 6.45) is 5.36. The molecule has 2 saturated heterocycles. The highest BCUT2D eigenvalue weighted by Gasteiger charge is 2.53. The first-order chi connectivity index (χ1) is 32.4. The zero-order valence-corrected chi connectivity index (χ0v) is 41.4. The lowest BCUT2D eigenvalue weighted by Crippen LogP contribution is -2.67. The molecular weight excluding hydrogens is 899 g/mol. The molecule has 0 spiro atoms. The maximum atomic E-state index is 13.2. The van der Waals surface area contributed by atoms with E-state index in [9.17, 15) is 60.7 Å². The summed E-state index contributed by atoms with van der Waals surface area (Å²) >= 11 is 0. The summed E-state index contributed by atoms with van der Waals surface area (Å²) in [7, 11) is 6.58. The Kier molecular flexibility index (Phi) is 24.8. The highest BCUT2D eigenvalue weighted by atomic mass is 16.7. The van der Waals surface area contributed by atoms with E-state index in [1.165, 1.54) is 0 Å². The number of carbonyl (C=O) groups is 2. The Labute approximate surface area is 407 Å². The average Bonchev–Trinajstić information content (AvgIpc) is 3.25. The number of carbonyl (C=O) groups excluding carboxylic acids is 2. The molecule has 0 unspecified atom stereocenters. The van der Waals surface area contributed by atoms with Crippen molar-refractivity contribution in [3.8, 4) is 0 Å². The molecule has 2 fully saturated rings. The lowest BCUT2D eigenvalue weighted by Gasteiger charge is -2.48. The van der Waals surface area contributed by atoms with Crippen LogP contribution in [0.15, 0.2) is 85.1 Å². The summed E-state index contributed by atoms with van der Waals surface area (Å²) in [4.78, 5) is 25.8. The molecule has 10 N–H and O–H groups in total. The normalized spacial score (nSPS) is 40.5. The van der Waals surface area contributed by atoms with Crippen molar-refractivity contribution in [2.45, 2.75) is 177 Å². The number of aliphatic hydroxyl groups is 10. The number of likely N-dealkylation sites (N-methyl/N-ethyl adjacent to an activating group) is 1. The van der Waals surface area contributed by atoms with Gasteiger partial charge in [-0.15, -0.1) is 0 Å². The second-order valence-electron chi connectivity index (χ2n) is 19.8. The molecule has 0 radical (unpaired) electrons. The van der Waals surface area contributed by atoms with E-state index in [0.717, 1.165) is 7.11 Å². The zero-order valence-electron chi connectivity index (χ0n) is 41.4. The molecule has 0 saturated carbocycles. The van der Waals surface area contributed by atoms with E-state index in [-0.39, 0.29) is 36.1 Å². The molecule has 3 rings (SSSR count). The summed E-state index contributed by atoms with van der Waals surface area (Å²) in [6, 6.07) is -0.726. The van der Waals surface area contributed by atoms with Crippen LogP contribution in [0.25, 0.3) is 0 Å². The van der Waals surface area contributed by atoms with Crippen LogP contribution in [0.2, 0.25) is 0 Å². The van der Waals surface area contributed by atoms with Gasteiger partial charge in [-0.3, -0.25) is 9.59 Å². The van der Waals surface area contributed by atoms with Gasteiger partial charge in [0.15, 0.2) is 18.2 Å². The van der Waals surface area contributed by atoms with Crippen LogP contribution < -0.4 is 0 Å². The van der Waals surface area contributed by atoms with Crippen molar-refractivity contribution < 1.29 is 88.8 Å². The van der Waals surface area contributed by atoms with Gasteiger partial charge < -0.3 is 79.2 Å². The number of esters is 2. The van der Waals surface area contributed by atoms with Gasteiger partial charge in [0, 0.05) is 37.5 Å². The zero-order chi connectivity index (χ0) is 51.6. The minimum Gasteiger partial charge on any atom is -0.469 e. The van der Waals surface area contributed by atoms with E-state index in [2.05, 4.69) is 0 Å². The lowest BCUT2D eigenvalue weighted by atomic mass is 9.82. The Hall–Kier alpha value is -3.44. The number of rotatable bonds is 4. The Bertz CT molecular complexity index is 1780. The third-order valence-electron chi connectivity index (χ3n) is 13.0. The van der Waals surface area contributed by atoms with E-state index in [1.807, 2.05) is 70.6 Å². The minimum absolute atomic E-state index is 0.0909. The molecule has 3 aliphatic rings. The van der Waals surface area contributed by atoms with Crippen LogP contribution >= 0.6 is 0 Å². The van der Waals surface area contributed by atoms with Gasteiger partial charge in [-0.1, -0.05) is 98.9 Å². The fourth-order valence-electron chi connectivity index (χ4n) is 8.95. The first kappa shape index (κ1) is 59.9. The number of methoxy groups -OCH3 is 1. The van der Waals surface area contributed by atoms with Crippen LogP contribution in [0.3, 0.4) is 0 Å². The van der Waals surface area contributed by atoms with Gasteiger partial charge in [0.25, 0.3) is 0 Å². The molecule has 18 nitrogen and oxygen atoms in total. The van der Waals surface area contributed by atoms with Gasteiger partial charge in [0.05, 0.1) is 95.7 Å². The Morgan fingerprint density at radius 1 is 0.652 bits per heavy atom. The standard InChI is InChI=1S/C51H82NO17/c1-31-21-19-17-15-13-11-9-10-12-14-16-18-20-22-38(68-50-48(62)45(52(5,6)7)47(61)34(4)67-50)28-42-44(49(63)65-8)41(58)30-51(64,69-42)29-37(55)26-40(57)39(56)24-23-35(53)25-36(54)27-43(59)66-33(3)32(2)46(31)60/h9-22,31-42,44-48,50,53-58,60-62,64H,23-30H2,1-8H3/q+1/t31-,32-,33-,34+,35+,36+,37-,38-,39+,40+,41-,42-,44+,45-,46+,47+,48-,50-,51+/m0/s1. The van der Waals surface area contributed by atoms with Gasteiger partial charge in [-0.25, -0.2) is 0 Å². The lowest BCUT2D eigenvalue weighted by molar-refractivity contribution is -0.907. The van der Waals surface area contributed by atoms with Crippen molar-refractivity contribution >= 4 is 11.9 Å². The number of quaternary nitrogens is 1. The van der Waals surface area contributed by atoms with Crippen molar-refractivity contribution in [3.63, 3.8) is 0 Å². The van der Waals surface area contributed by atoms with Gasteiger partial charge in [-0.2, -0.15) is 0 Å². The maximum Gasteiger partial charge on any atom is 0.313 e. The second kappa shape index (κ2) is 28.6. The number of fused-ring (bicyclic) bond motifs is 2. The van der Waals surface area contributed by atoms with Gasteiger partial charge in [-0.05, 0) is 33.1 Å². The van der Waals surface area contributed by atoms with Crippen molar-refractivity contribution in [2.24, 2.45) is 17.8 Å². The molecule has 0 aromatic carbocycles. The largest absolute Gasteiger partial charge is 0.469 e. The summed E-state index contributed by atoms with van der Waals surface area (Å²) in [5.41, 5.74) is 0. The molecule has 18 heteroatoms. The van der Waals surface area contributed by atoms with Crippen LogP contribution in [0.1, 0.15) is 79.1 Å². The monoisotopic (exact) mass is 981 g/mol. The van der Waals surface area contributed by atoms with Crippen molar-refractivity contribution in [2.75, 3.05) is 28.3 Å². The third-order valence-corrected chi connectivity index (χ3v) is 13.0. The summed E-state index contributed by atoms with van der Waals surface area (Å²) < 4.78 is 29.1. The summed E-state index contributed by atoms with van der Waals surface area (Å²) in [6.45, 7) is 6.89. The molecule has 3 aliphatic heterocycles. The van der Waals surface area contributed by atoms with Gasteiger partial charge in [0.1, 0.15) is 24.2 Å². The predicted octanol–water partition coefficient (Wildman–Crippen LogP) is 1.55. The summed E-state index contributed by atoms with van der Waals surface area (Å²) in [5, 5.41) is 110. The van der Waals surface area contributed by atoms with Gasteiger partial charge in [0.2, 0.25) is 0 Å². The fourth-order valence-corrected chi connectivity index (χ4v) is 8.95. The average molecular weight is 981 g/mol. The molecule has 0 aromatic rings. The van der Waals surface area contributed by atoms with Crippen LogP contribution in [-0.2, 0) is 33.3 Å². The predicted molar refractivity (Wildman–Crippen MR) is 255 cm³/mol. The number of cyclic esters (lactones) is 1. The van der Waals surface area contributed by atoms with Crippen molar-refractivity contribution in [3.05, 3.63) is 85.1 Å². The first-order valence-corrected chi connectivity index (χ1v) is 24.0. The molecule has 0 aromatic heterocycles. The van der Waals surface area contributed by atoms with E-state index >= 15 is 0 Å². The second-order valence-corrected chi connectivity index (χ2v) is 19.8. The highest BCUT2D eigenvalue weighted by molar-refractivity contribution is 5.74. The molecule has 19 atom stereocenters. The Balaban J connectivity index is 1.92. The number of hydrogen-bond donors (Lipinski definition) is 10. The van der Waals surface area contributed by atoms with E-state index in [0.29, 0.717) is 0 Å². The summed E-state index contributed by atoms with van der Waals surface area (Å²) in [5.74, 6) is -5.89. The Morgan fingerprint density at radius 3 is 1.78 bits per heavy atom. The van der Waals surface area contributed by atoms with Crippen LogP contribution in [0.5, 0.6) is 0 Å². The molecule has 2 bridgehead atoms. The molecule has 69 heavy (non-hydrogen) atoms. The SMILES string of the molecule is COC(=O)[C@H]1[C@@H]2C[C@@H](O[C@@H]3O[C@H](C)[C@@H](O)[C@H]([N+](C)(C)C)[C@@H]3O)C=CC=CC=CC=CC=CC=CC=C[C@H](C)[C@@H](O)[C@@H](C)[C@H](C)OC(=O)C[C@H](O)C[C@H](O)CC[C@@H](O)[C@H](O)C[C@H](O)C[C@](O)(C[C@@H]1O)O2. The molecule has 0 amide bonds. The smallest absolute Gasteiger partial charge is 0.313 e. The van der Waals surface area contributed by atoms with Gasteiger partial charge >= 0.3 is 11.9 Å². The fraction of sp³-hybridized carbons (Fsp3) is 0.686. The Morgan fingerprint density at radius 2 is 1.22 bits per heavy atom. The number of ether oxygens (including phenoxy) is 5. The van der Waals surface area contributed by atoms with E-state index in [4.69, 9.17) is 23.7 Å². The molecule has 0 aliphatic carbocycles. The number of nitrogens with zero attached hydrogens (tertiary/aromatic N) is 1. The van der Waals surface area contributed by atoms with Crippen LogP contribution in [0.4, 0.5) is 0 Å².